The second kappa shape index (κ2) is 5.00. The average Bonchev–Trinajstić information content (AvgIpc) is 1.99. The Bertz CT molecular complexity index is 156. The molecule has 0 amide bonds. The maximum atomic E-state index is 3.70. The molecule has 0 fully saturated rings. The van der Waals surface area contributed by atoms with Crippen molar-refractivity contribution in [2.24, 2.45) is 0 Å². The van der Waals surface area contributed by atoms with E-state index in [1.165, 1.54) is 0 Å². The summed E-state index contributed by atoms with van der Waals surface area (Å²) >= 11 is 0. The summed E-state index contributed by atoms with van der Waals surface area (Å²) < 4.78 is 0. The van der Waals surface area contributed by atoms with Gasteiger partial charge in [0.15, 0.2) is 0 Å². The van der Waals surface area contributed by atoms with Crippen LogP contribution in [0.4, 0.5) is 0 Å². The van der Waals surface area contributed by atoms with Crippen LogP contribution in [0.1, 0.15) is 0 Å². The lowest BCUT2D eigenvalue weighted by atomic mass is 10.2. The molecule has 0 heterocycles. The molecule has 1 heteroatoms. The van der Waals surface area contributed by atoms with Gasteiger partial charge in [0.05, 0.1) is 0 Å². The Morgan fingerprint density at radius 2 is 1.70 bits per heavy atom. The van der Waals surface area contributed by atoms with Crippen LogP contribution in [-0.4, -0.2) is 10.2 Å². The van der Waals surface area contributed by atoms with Gasteiger partial charge < -0.3 is 0 Å². The van der Waals surface area contributed by atoms with E-state index < -0.39 is 0 Å². The Kier molecular flexibility index (Phi) is 4.59. The van der Waals surface area contributed by atoms with E-state index in [-0.39, 0.29) is 0 Å². The van der Waals surface area contributed by atoms with Crippen molar-refractivity contribution in [1.82, 2.24) is 0 Å². The molecular weight excluding hydrogens is 136 g/mol. The van der Waals surface area contributed by atoms with E-state index in [4.69, 9.17) is 0 Å². The highest BCUT2D eigenvalue weighted by atomic mass is 28.1. The molecular formula is C9H14Si. The number of rotatable bonds is 4. The van der Waals surface area contributed by atoms with Gasteiger partial charge in [-0.2, -0.15) is 0 Å². The van der Waals surface area contributed by atoms with Gasteiger partial charge in [0, 0.05) is 10.2 Å². The summed E-state index contributed by atoms with van der Waals surface area (Å²) in [4.78, 5) is 0. The van der Waals surface area contributed by atoms with Gasteiger partial charge >= 0.3 is 0 Å². The molecule has 10 heavy (non-hydrogen) atoms. The van der Waals surface area contributed by atoms with Gasteiger partial charge in [-0.15, -0.1) is 6.58 Å². The molecule has 0 aliphatic heterocycles. The molecule has 0 aliphatic rings. The predicted octanol–water partition coefficient (Wildman–Crippen LogP) is 1.62. The Balaban J connectivity index is 4.22. The van der Waals surface area contributed by atoms with Crippen LogP contribution < -0.4 is 0 Å². The summed E-state index contributed by atoms with van der Waals surface area (Å²) in [6.45, 7) is 11.0. The number of hydrogen-bond acceptors (Lipinski definition) is 0. The zero-order valence-electron chi connectivity index (χ0n) is 6.51. The lowest BCUT2D eigenvalue weighted by molar-refractivity contribution is 1.36. The standard InChI is InChI=1S/C9H14Si/c1-4-8(5-2)7-9(10)6-3/h4-7,9H,1-3H2,10H3. The minimum atomic E-state index is 0.533. The summed E-state index contributed by atoms with van der Waals surface area (Å²) in [6.07, 6.45) is 7.68. The third-order valence-corrected chi connectivity index (χ3v) is 2.10. The first kappa shape index (κ1) is 9.18. The molecule has 1 atom stereocenters. The minimum Gasteiger partial charge on any atom is -0.103 e. The van der Waals surface area contributed by atoms with Crippen molar-refractivity contribution >= 4 is 10.2 Å². The number of allylic oxidation sites excluding steroid dienone is 5. The van der Waals surface area contributed by atoms with E-state index in [9.17, 15) is 0 Å². The molecule has 0 rings (SSSR count). The first-order chi connectivity index (χ1) is 4.74. The largest absolute Gasteiger partial charge is 0.103 e. The summed E-state index contributed by atoms with van der Waals surface area (Å²) in [6, 6.07) is 0. The fourth-order valence-electron chi connectivity index (χ4n) is 0.591. The highest BCUT2D eigenvalue weighted by Crippen LogP contribution is 2.07. The molecule has 0 aliphatic carbocycles. The summed E-state index contributed by atoms with van der Waals surface area (Å²) in [5, 5.41) is 0. The maximum absolute atomic E-state index is 3.70. The molecule has 0 aromatic carbocycles. The molecule has 54 valence electrons. The highest BCUT2D eigenvalue weighted by Gasteiger charge is 1.89. The van der Waals surface area contributed by atoms with Crippen molar-refractivity contribution in [1.29, 1.82) is 0 Å². The van der Waals surface area contributed by atoms with Crippen molar-refractivity contribution in [3.63, 3.8) is 0 Å². The van der Waals surface area contributed by atoms with Crippen LogP contribution in [0.25, 0.3) is 0 Å². The van der Waals surface area contributed by atoms with Crippen molar-refractivity contribution < 1.29 is 0 Å². The van der Waals surface area contributed by atoms with Crippen LogP contribution in [0.15, 0.2) is 49.6 Å². The normalized spacial score (nSPS) is 11.6. The third-order valence-electron chi connectivity index (χ3n) is 1.30. The first-order valence-corrected chi connectivity index (χ1v) is 4.49. The molecule has 0 radical (unpaired) electrons. The van der Waals surface area contributed by atoms with E-state index in [0.717, 1.165) is 15.8 Å². The highest BCUT2D eigenvalue weighted by molar-refractivity contribution is 6.14. The third kappa shape index (κ3) is 3.25. The van der Waals surface area contributed by atoms with E-state index in [1.807, 2.05) is 6.08 Å². The van der Waals surface area contributed by atoms with Gasteiger partial charge in [0.2, 0.25) is 0 Å². The molecule has 0 spiro atoms. The van der Waals surface area contributed by atoms with E-state index in [2.05, 4.69) is 25.8 Å². The molecule has 1 unspecified atom stereocenters. The lowest BCUT2D eigenvalue weighted by Crippen LogP contribution is -1.81. The van der Waals surface area contributed by atoms with Crippen LogP contribution in [0.3, 0.4) is 0 Å². The van der Waals surface area contributed by atoms with Crippen LogP contribution in [0, 0.1) is 0 Å². The molecule has 0 saturated heterocycles. The van der Waals surface area contributed by atoms with E-state index >= 15 is 0 Å². The van der Waals surface area contributed by atoms with Crippen LogP contribution >= 0.6 is 0 Å². The summed E-state index contributed by atoms with van der Waals surface area (Å²) in [5.41, 5.74) is 1.63. The smallest absolute Gasteiger partial charge is 0.0163 e. The van der Waals surface area contributed by atoms with Crippen molar-refractivity contribution in [3.8, 4) is 0 Å². The van der Waals surface area contributed by atoms with Crippen molar-refractivity contribution in [3.05, 3.63) is 49.6 Å². The van der Waals surface area contributed by atoms with Gasteiger partial charge in [-0.25, -0.2) is 0 Å². The van der Waals surface area contributed by atoms with Gasteiger partial charge in [-0.1, -0.05) is 37.5 Å². The predicted molar refractivity (Wildman–Crippen MR) is 52.4 cm³/mol. The zero-order chi connectivity index (χ0) is 7.98. The van der Waals surface area contributed by atoms with Gasteiger partial charge in [-0.3, -0.25) is 0 Å². The Hall–Kier alpha value is -0.823. The molecule has 0 nitrogen and oxygen atoms in total. The second-order valence-corrected chi connectivity index (χ2v) is 3.50. The zero-order valence-corrected chi connectivity index (χ0v) is 8.51. The molecule has 0 bridgehead atoms. The molecule has 0 saturated carbocycles. The Labute approximate surface area is 66.1 Å². The first-order valence-electron chi connectivity index (χ1n) is 3.33. The van der Waals surface area contributed by atoms with E-state index in [0.29, 0.717) is 5.54 Å². The number of hydrogen-bond donors (Lipinski definition) is 0. The quantitative estimate of drug-likeness (QED) is 0.324. The molecule has 0 aromatic heterocycles. The summed E-state index contributed by atoms with van der Waals surface area (Å²) in [7, 11) is 1.11. The molecule has 0 N–H and O–H groups in total. The van der Waals surface area contributed by atoms with Crippen molar-refractivity contribution in [2.75, 3.05) is 0 Å². The fraction of sp³-hybridized carbons (Fsp3) is 0.111. The summed E-state index contributed by atoms with van der Waals surface area (Å²) in [5.74, 6) is 0. The second-order valence-electron chi connectivity index (χ2n) is 2.17. The van der Waals surface area contributed by atoms with Gasteiger partial charge in [0.25, 0.3) is 0 Å². The van der Waals surface area contributed by atoms with E-state index in [1.54, 1.807) is 12.2 Å². The lowest BCUT2D eigenvalue weighted by Gasteiger charge is -1.97. The SMILES string of the molecule is C=CC(C=C)=CC([SiH3])C=C. The van der Waals surface area contributed by atoms with Crippen LogP contribution in [0.2, 0.25) is 5.54 Å². The monoisotopic (exact) mass is 150 g/mol. The Morgan fingerprint density at radius 3 is 2.00 bits per heavy atom. The topological polar surface area (TPSA) is 0 Å². The van der Waals surface area contributed by atoms with Crippen molar-refractivity contribution in [2.45, 2.75) is 5.54 Å². The van der Waals surface area contributed by atoms with Gasteiger partial charge in [0.1, 0.15) is 0 Å². The van der Waals surface area contributed by atoms with Gasteiger partial charge in [-0.05, 0) is 11.1 Å². The maximum Gasteiger partial charge on any atom is 0.0163 e. The molecule has 0 aromatic rings. The minimum absolute atomic E-state index is 0.533. The van der Waals surface area contributed by atoms with Crippen LogP contribution in [0.5, 0.6) is 0 Å². The fourth-order valence-corrected chi connectivity index (χ4v) is 0.976. The average molecular weight is 150 g/mol. The van der Waals surface area contributed by atoms with Crippen LogP contribution in [-0.2, 0) is 0 Å². The Morgan fingerprint density at radius 1 is 1.20 bits per heavy atom.